The molecule has 0 heterocycles. The highest BCUT2D eigenvalue weighted by Crippen LogP contribution is 2.22. The molecule has 2 rings (SSSR count). The summed E-state index contributed by atoms with van der Waals surface area (Å²) in [5.41, 5.74) is 1.33. The van der Waals surface area contributed by atoms with Gasteiger partial charge in [0.15, 0.2) is 0 Å². The van der Waals surface area contributed by atoms with Crippen LogP contribution in [0, 0.1) is 5.92 Å². The van der Waals surface area contributed by atoms with Crippen molar-refractivity contribution in [1.29, 1.82) is 0 Å². The lowest BCUT2D eigenvalue weighted by Crippen LogP contribution is -2.22. The van der Waals surface area contributed by atoms with Gasteiger partial charge in [-0.15, -0.1) is 0 Å². The Kier molecular flexibility index (Phi) is 3.00. The molecule has 1 aromatic carbocycles. The van der Waals surface area contributed by atoms with E-state index in [0.717, 1.165) is 19.3 Å². The standard InChI is InChI=1S/C13H16O/c14-13-9-5-4-8-12(13)10-11-6-2-1-3-7-11/h1-3,5-7,9,12-14H,4,8,10H2/t12-,13-/m1/s1. The van der Waals surface area contributed by atoms with Crippen molar-refractivity contribution in [2.75, 3.05) is 0 Å². The second-order valence-electron chi connectivity index (χ2n) is 3.95. The molecule has 0 saturated carbocycles. The van der Waals surface area contributed by atoms with Crippen molar-refractivity contribution in [3.63, 3.8) is 0 Å². The van der Waals surface area contributed by atoms with Crippen LogP contribution < -0.4 is 0 Å². The van der Waals surface area contributed by atoms with E-state index in [1.54, 1.807) is 0 Å². The molecule has 1 heteroatoms. The van der Waals surface area contributed by atoms with Crippen LogP contribution >= 0.6 is 0 Å². The largest absolute Gasteiger partial charge is 0.389 e. The van der Waals surface area contributed by atoms with Crippen molar-refractivity contribution in [3.05, 3.63) is 48.0 Å². The molecule has 0 aliphatic heterocycles. The fraction of sp³-hybridized carbons (Fsp3) is 0.385. The van der Waals surface area contributed by atoms with Crippen LogP contribution in [0.4, 0.5) is 0 Å². The maximum atomic E-state index is 9.74. The quantitative estimate of drug-likeness (QED) is 0.707. The molecule has 0 saturated heterocycles. The molecule has 1 N–H and O–H groups in total. The van der Waals surface area contributed by atoms with Crippen LogP contribution in [0.25, 0.3) is 0 Å². The number of allylic oxidation sites excluding steroid dienone is 1. The fourth-order valence-corrected chi connectivity index (χ4v) is 2.01. The summed E-state index contributed by atoms with van der Waals surface area (Å²) < 4.78 is 0. The van der Waals surface area contributed by atoms with Gasteiger partial charge in [-0.2, -0.15) is 0 Å². The van der Waals surface area contributed by atoms with E-state index in [1.165, 1.54) is 5.56 Å². The van der Waals surface area contributed by atoms with Crippen molar-refractivity contribution >= 4 is 0 Å². The van der Waals surface area contributed by atoms with Gasteiger partial charge in [0.25, 0.3) is 0 Å². The topological polar surface area (TPSA) is 20.2 Å². The zero-order valence-corrected chi connectivity index (χ0v) is 8.26. The molecule has 2 atom stereocenters. The number of rotatable bonds is 2. The van der Waals surface area contributed by atoms with Crippen LogP contribution in [0.3, 0.4) is 0 Å². The average Bonchev–Trinajstić information content (AvgIpc) is 2.23. The Hall–Kier alpha value is -1.08. The molecule has 1 nitrogen and oxygen atoms in total. The van der Waals surface area contributed by atoms with Gasteiger partial charge in [-0.25, -0.2) is 0 Å². The first kappa shape index (κ1) is 9.47. The van der Waals surface area contributed by atoms with E-state index in [4.69, 9.17) is 0 Å². The first-order chi connectivity index (χ1) is 6.86. The van der Waals surface area contributed by atoms with Crippen LogP contribution in [-0.4, -0.2) is 11.2 Å². The summed E-state index contributed by atoms with van der Waals surface area (Å²) in [5, 5.41) is 9.74. The van der Waals surface area contributed by atoms with Gasteiger partial charge >= 0.3 is 0 Å². The smallest absolute Gasteiger partial charge is 0.0752 e. The lowest BCUT2D eigenvalue weighted by molar-refractivity contribution is 0.140. The second-order valence-corrected chi connectivity index (χ2v) is 3.95. The maximum Gasteiger partial charge on any atom is 0.0752 e. The highest BCUT2D eigenvalue weighted by atomic mass is 16.3. The third kappa shape index (κ3) is 2.24. The van der Waals surface area contributed by atoms with Crippen LogP contribution in [-0.2, 0) is 6.42 Å². The van der Waals surface area contributed by atoms with Gasteiger partial charge in [-0.3, -0.25) is 0 Å². The summed E-state index contributed by atoms with van der Waals surface area (Å²) in [7, 11) is 0. The molecule has 1 aromatic rings. The van der Waals surface area contributed by atoms with Gasteiger partial charge in [0.05, 0.1) is 6.10 Å². The van der Waals surface area contributed by atoms with E-state index in [9.17, 15) is 5.11 Å². The summed E-state index contributed by atoms with van der Waals surface area (Å²) in [6, 6.07) is 10.4. The number of hydrogen-bond acceptors (Lipinski definition) is 1. The Morgan fingerprint density at radius 1 is 1.21 bits per heavy atom. The normalized spacial score (nSPS) is 26.4. The molecule has 1 aliphatic carbocycles. The first-order valence-corrected chi connectivity index (χ1v) is 5.25. The van der Waals surface area contributed by atoms with Crippen LogP contribution in [0.5, 0.6) is 0 Å². The van der Waals surface area contributed by atoms with Gasteiger partial charge in [0.2, 0.25) is 0 Å². The Morgan fingerprint density at radius 3 is 2.71 bits per heavy atom. The molecule has 0 spiro atoms. The van der Waals surface area contributed by atoms with Gasteiger partial charge < -0.3 is 5.11 Å². The van der Waals surface area contributed by atoms with Crippen molar-refractivity contribution < 1.29 is 5.11 Å². The predicted octanol–water partition coefficient (Wildman–Crippen LogP) is 2.56. The zero-order chi connectivity index (χ0) is 9.80. The fourth-order valence-electron chi connectivity index (χ4n) is 2.01. The summed E-state index contributed by atoms with van der Waals surface area (Å²) in [6.07, 6.45) is 6.96. The summed E-state index contributed by atoms with van der Waals surface area (Å²) in [5.74, 6) is 0.405. The lowest BCUT2D eigenvalue weighted by atomic mass is 9.86. The molecule has 74 valence electrons. The predicted molar refractivity (Wildman–Crippen MR) is 58.0 cm³/mol. The van der Waals surface area contributed by atoms with Crippen molar-refractivity contribution in [3.8, 4) is 0 Å². The molecule has 14 heavy (non-hydrogen) atoms. The summed E-state index contributed by atoms with van der Waals surface area (Å²) in [6.45, 7) is 0. The number of benzene rings is 1. The Bertz CT molecular complexity index is 302. The Balaban J connectivity index is 2.01. The van der Waals surface area contributed by atoms with E-state index in [0.29, 0.717) is 5.92 Å². The zero-order valence-electron chi connectivity index (χ0n) is 8.26. The van der Waals surface area contributed by atoms with Gasteiger partial charge in [0, 0.05) is 0 Å². The third-order valence-electron chi connectivity index (χ3n) is 2.86. The van der Waals surface area contributed by atoms with Gasteiger partial charge in [-0.05, 0) is 30.7 Å². The van der Waals surface area contributed by atoms with Crippen molar-refractivity contribution in [2.45, 2.75) is 25.4 Å². The number of aliphatic hydroxyl groups excluding tert-OH is 1. The number of aliphatic hydroxyl groups is 1. The molecule has 1 aliphatic rings. The molecular formula is C13H16O. The molecule has 0 bridgehead atoms. The first-order valence-electron chi connectivity index (χ1n) is 5.25. The second kappa shape index (κ2) is 4.43. The molecule has 0 aromatic heterocycles. The van der Waals surface area contributed by atoms with E-state index in [-0.39, 0.29) is 6.10 Å². The highest BCUT2D eigenvalue weighted by Gasteiger charge is 2.19. The van der Waals surface area contributed by atoms with Crippen molar-refractivity contribution in [2.24, 2.45) is 5.92 Å². The van der Waals surface area contributed by atoms with E-state index in [1.807, 2.05) is 12.1 Å². The van der Waals surface area contributed by atoms with E-state index >= 15 is 0 Å². The summed E-state index contributed by atoms with van der Waals surface area (Å²) >= 11 is 0. The van der Waals surface area contributed by atoms with E-state index in [2.05, 4.69) is 30.3 Å². The van der Waals surface area contributed by atoms with Crippen LogP contribution in [0.2, 0.25) is 0 Å². The maximum absolute atomic E-state index is 9.74. The minimum atomic E-state index is -0.246. The lowest BCUT2D eigenvalue weighted by Gasteiger charge is -2.23. The molecule has 0 unspecified atom stereocenters. The van der Waals surface area contributed by atoms with Crippen LogP contribution in [0.15, 0.2) is 42.5 Å². The van der Waals surface area contributed by atoms with Gasteiger partial charge in [-0.1, -0.05) is 42.5 Å². The minimum Gasteiger partial charge on any atom is -0.389 e. The highest BCUT2D eigenvalue weighted by molar-refractivity contribution is 5.16. The monoisotopic (exact) mass is 188 g/mol. The van der Waals surface area contributed by atoms with Crippen molar-refractivity contribution in [1.82, 2.24) is 0 Å². The van der Waals surface area contributed by atoms with Crippen LogP contribution in [0.1, 0.15) is 18.4 Å². The van der Waals surface area contributed by atoms with Gasteiger partial charge in [0.1, 0.15) is 0 Å². The van der Waals surface area contributed by atoms with E-state index < -0.39 is 0 Å². The SMILES string of the molecule is O[C@@H]1C=CCC[C@@H]1Cc1ccccc1. The third-order valence-corrected chi connectivity index (χ3v) is 2.86. The Morgan fingerprint density at radius 2 is 2.00 bits per heavy atom. The molecular weight excluding hydrogens is 172 g/mol. The minimum absolute atomic E-state index is 0.246. The molecule has 0 fully saturated rings. The molecule has 0 radical (unpaired) electrons. The number of hydrogen-bond donors (Lipinski definition) is 1. The molecule has 0 amide bonds. The average molecular weight is 188 g/mol. The summed E-state index contributed by atoms with van der Waals surface area (Å²) in [4.78, 5) is 0. The Labute approximate surface area is 85.1 Å².